The SMILES string of the molecule is COCCN(CCCN(C)C)C(=O)C1CCC(N)C1. The van der Waals surface area contributed by atoms with Crippen molar-refractivity contribution in [2.75, 3.05) is 47.4 Å². The molecule has 2 N–H and O–H groups in total. The van der Waals surface area contributed by atoms with Crippen LogP contribution in [0.15, 0.2) is 0 Å². The molecule has 0 aromatic heterocycles. The summed E-state index contributed by atoms with van der Waals surface area (Å²) in [5.74, 6) is 0.398. The molecule has 1 aliphatic rings. The van der Waals surface area contributed by atoms with E-state index in [-0.39, 0.29) is 17.9 Å². The number of rotatable bonds is 8. The van der Waals surface area contributed by atoms with Crippen LogP contribution in [-0.2, 0) is 9.53 Å². The van der Waals surface area contributed by atoms with Crippen molar-refractivity contribution >= 4 is 5.91 Å². The number of amides is 1. The van der Waals surface area contributed by atoms with E-state index in [1.54, 1.807) is 7.11 Å². The number of carbonyl (C=O) groups excluding carboxylic acids is 1. The number of hydrogen-bond donors (Lipinski definition) is 1. The van der Waals surface area contributed by atoms with Gasteiger partial charge >= 0.3 is 0 Å². The van der Waals surface area contributed by atoms with Crippen molar-refractivity contribution in [1.82, 2.24) is 9.80 Å². The highest BCUT2D eigenvalue weighted by atomic mass is 16.5. The van der Waals surface area contributed by atoms with Gasteiger partial charge in [-0.2, -0.15) is 0 Å². The van der Waals surface area contributed by atoms with E-state index in [4.69, 9.17) is 10.5 Å². The second-order valence-corrected chi connectivity index (χ2v) is 5.74. The summed E-state index contributed by atoms with van der Waals surface area (Å²) in [6.07, 6.45) is 3.76. The van der Waals surface area contributed by atoms with Crippen molar-refractivity contribution in [3.63, 3.8) is 0 Å². The molecule has 5 heteroatoms. The van der Waals surface area contributed by atoms with E-state index in [2.05, 4.69) is 19.0 Å². The molecule has 0 bridgehead atoms. The summed E-state index contributed by atoms with van der Waals surface area (Å²) in [4.78, 5) is 16.6. The lowest BCUT2D eigenvalue weighted by atomic mass is 10.1. The largest absolute Gasteiger partial charge is 0.383 e. The fraction of sp³-hybridized carbons (Fsp3) is 0.929. The number of hydrogen-bond acceptors (Lipinski definition) is 4. The molecular formula is C14H29N3O2. The van der Waals surface area contributed by atoms with Gasteiger partial charge in [0.05, 0.1) is 6.61 Å². The first-order valence-corrected chi connectivity index (χ1v) is 7.22. The average molecular weight is 271 g/mol. The van der Waals surface area contributed by atoms with Gasteiger partial charge in [-0.3, -0.25) is 4.79 Å². The third-order valence-corrected chi connectivity index (χ3v) is 3.73. The van der Waals surface area contributed by atoms with Crippen LogP contribution in [0.4, 0.5) is 0 Å². The molecule has 1 rings (SSSR count). The Labute approximate surface area is 117 Å². The average Bonchev–Trinajstić information content (AvgIpc) is 2.79. The Morgan fingerprint density at radius 2 is 2.00 bits per heavy atom. The number of nitrogens with zero attached hydrogens (tertiary/aromatic N) is 2. The quantitative estimate of drug-likeness (QED) is 0.700. The smallest absolute Gasteiger partial charge is 0.225 e. The second-order valence-electron chi connectivity index (χ2n) is 5.74. The summed E-state index contributed by atoms with van der Waals surface area (Å²) in [5.41, 5.74) is 5.90. The molecule has 0 spiro atoms. The third-order valence-electron chi connectivity index (χ3n) is 3.73. The van der Waals surface area contributed by atoms with Crippen LogP contribution in [0.3, 0.4) is 0 Å². The molecule has 5 nitrogen and oxygen atoms in total. The van der Waals surface area contributed by atoms with Crippen molar-refractivity contribution in [3.05, 3.63) is 0 Å². The van der Waals surface area contributed by atoms with Crippen LogP contribution in [0.25, 0.3) is 0 Å². The van der Waals surface area contributed by atoms with Crippen molar-refractivity contribution in [2.45, 2.75) is 31.7 Å². The van der Waals surface area contributed by atoms with E-state index in [9.17, 15) is 4.79 Å². The van der Waals surface area contributed by atoms with Crippen LogP contribution in [0.2, 0.25) is 0 Å². The molecule has 2 unspecified atom stereocenters. The molecule has 1 aliphatic carbocycles. The lowest BCUT2D eigenvalue weighted by molar-refractivity contribution is -0.136. The van der Waals surface area contributed by atoms with Crippen molar-refractivity contribution in [2.24, 2.45) is 11.7 Å². The lowest BCUT2D eigenvalue weighted by Gasteiger charge is -2.26. The van der Waals surface area contributed by atoms with Crippen LogP contribution in [-0.4, -0.2) is 69.2 Å². The van der Waals surface area contributed by atoms with E-state index in [0.717, 1.165) is 38.8 Å². The number of nitrogens with two attached hydrogens (primary N) is 1. The first kappa shape index (κ1) is 16.4. The van der Waals surface area contributed by atoms with Crippen LogP contribution >= 0.6 is 0 Å². The first-order chi connectivity index (χ1) is 9.04. The molecule has 0 aromatic rings. The molecule has 0 radical (unpaired) electrons. The highest BCUT2D eigenvalue weighted by Crippen LogP contribution is 2.26. The molecule has 0 heterocycles. The van der Waals surface area contributed by atoms with Crippen molar-refractivity contribution < 1.29 is 9.53 Å². The third kappa shape index (κ3) is 5.89. The molecule has 1 fully saturated rings. The summed E-state index contributed by atoms with van der Waals surface area (Å²) in [6, 6.07) is 0.208. The van der Waals surface area contributed by atoms with Crippen LogP contribution < -0.4 is 5.73 Å². The minimum absolute atomic E-state index is 0.131. The normalized spacial score (nSPS) is 23.0. The number of carbonyl (C=O) groups is 1. The maximum Gasteiger partial charge on any atom is 0.225 e. The Bertz CT molecular complexity index is 271. The molecule has 0 saturated heterocycles. The fourth-order valence-corrected chi connectivity index (χ4v) is 2.61. The number of ether oxygens (including phenoxy) is 1. The minimum Gasteiger partial charge on any atom is -0.383 e. The predicted molar refractivity (Wildman–Crippen MR) is 76.9 cm³/mol. The Balaban J connectivity index is 2.44. The minimum atomic E-state index is 0.131. The van der Waals surface area contributed by atoms with E-state index in [1.807, 2.05) is 4.90 Å². The van der Waals surface area contributed by atoms with Gasteiger partial charge in [0.15, 0.2) is 0 Å². The van der Waals surface area contributed by atoms with E-state index in [0.29, 0.717) is 13.2 Å². The molecule has 2 atom stereocenters. The summed E-state index contributed by atoms with van der Waals surface area (Å²) >= 11 is 0. The summed E-state index contributed by atoms with van der Waals surface area (Å²) in [5, 5.41) is 0. The van der Waals surface area contributed by atoms with E-state index < -0.39 is 0 Å². The summed E-state index contributed by atoms with van der Waals surface area (Å²) in [7, 11) is 5.78. The standard InChI is InChI=1S/C14H29N3O2/c1-16(2)7-4-8-17(9-10-19-3)14(18)12-5-6-13(15)11-12/h12-13H,4-11,15H2,1-3H3. The van der Waals surface area contributed by atoms with Gasteiger partial charge in [-0.25, -0.2) is 0 Å². The second kappa shape index (κ2) is 8.51. The van der Waals surface area contributed by atoms with Gasteiger partial charge in [0.2, 0.25) is 5.91 Å². The van der Waals surface area contributed by atoms with Gasteiger partial charge in [0.25, 0.3) is 0 Å². The maximum atomic E-state index is 12.5. The molecule has 0 aromatic carbocycles. The zero-order valence-electron chi connectivity index (χ0n) is 12.6. The van der Waals surface area contributed by atoms with Gasteiger partial charge < -0.3 is 20.3 Å². The van der Waals surface area contributed by atoms with Crippen LogP contribution in [0.1, 0.15) is 25.7 Å². The Kier molecular flexibility index (Phi) is 7.34. The molecule has 19 heavy (non-hydrogen) atoms. The van der Waals surface area contributed by atoms with Crippen molar-refractivity contribution in [3.8, 4) is 0 Å². The zero-order valence-corrected chi connectivity index (χ0v) is 12.6. The van der Waals surface area contributed by atoms with Crippen molar-refractivity contribution in [1.29, 1.82) is 0 Å². The van der Waals surface area contributed by atoms with E-state index in [1.165, 1.54) is 0 Å². The molecule has 1 saturated carbocycles. The molecular weight excluding hydrogens is 242 g/mol. The lowest BCUT2D eigenvalue weighted by Crippen LogP contribution is -2.39. The predicted octanol–water partition coefficient (Wildman–Crippen LogP) is 0.541. The van der Waals surface area contributed by atoms with Gasteiger partial charge in [0.1, 0.15) is 0 Å². The fourth-order valence-electron chi connectivity index (χ4n) is 2.61. The Morgan fingerprint density at radius 1 is 1.26 bits per heavy atom. The monoisotopic (exact) mass is 271 g/mol. The van der Waals surface area contributed by atoms with Gasteiger partial charge in [-0.05, 0) is 46.3 Å². The van der Waals surface area contributed by atoms with Gasteiger partial charge in [-0.15, -0.1) is 0 Å². The highest BCUT2D eigenvalue weighted by Gasteiger charge is 2.30. The Morgan fingerprint density at radius 3 is 2.53 bits per heavy atom. The summed E-state index contributed by atoms with van der Waals surface area (Å²) in [6.45, 7) is 3.11. The Hall–Kier alpha value is -0.650. The first-order valence-electron chi connectivity index (χ1n) is 7.22. The van der Waals surface area contributed by atoms with Crippen LogP contribution in [0, 0.1) is 5.92 Å². The summed E-state index contributed by atoms with van der Waals surface area (Å²) < 4.78 is 5.10. The van der Waals surface area contributed by atoms with Gasteiger partial charge in [0, 0.05) is 32.2 Å². The topological polar surface area (TPSA) is 58.8 Å². The van der Waals surface area contributed by atoms with Gasteiger partial charge in [-0.1, -0.05) is 0 Å². The van der Waals surface area contributed by atoms with Crippen LogP contribution in [0.5, 0.6) is 0 Å². The molecule has 112 valence electrons. The maximum absolute atomic E-state index is 12.5. The van der Waals surface area contributed by atoms with E-state index >= 15 is 0 Å². The molecule has 0 aliphatic heterocycles. The zero-order chi connectivity index (χ0) is 14.3. The number of methoxy groups -OCH3 is 1. The highest BCUT2D eigenvalue weighted by molar-refractivity contribution is 5.79. The molecule has 1 amide bonds.